The molecule has 0 aliphatic rings. The maximum Gasteiger partial charge on any atom is 0.236 e. The van der Waals surface area contributed by atoms with Gasteiger partial charge >= 0.3 is 0 Å². The lowest BCUT2D eigenvalue weighted by atomic mass is 9.70. The molecule has 0 bridgehead atoms. The second-order valence-electron chi connectivity index (χ2n) is 12.5. The van der Waals surface area contributed by atoms with Crippen molar-refractivity contribution in [2.45, 2.75) is 5.92 Å². The summed E-state index contributed by atoms with van der Waals surface area (Å²) in [7, 11) is 0. The first-order chi connectivity index (χ1) is 25.0. The van der Waals surface area contributed by atoms with Gasteiger partial charge in [0.2, 0.25) is 11.8 Å². The quantitative estimate of drug-likeness (QED) is 0.106. The Morgan fingerprint density at radius 3 is 1.14 bits per heavy atom. The van der Waals surface area contributed by atoms with Crippen LogP contribution in [0.5, 0.6) is 0 Å². The van der Waals surface area contributed by atoms with Crippen molar-refractivity contribution in [3.8, 4) is 0 Å². The number of Topliss-reactive ketones (excluding diaryl/α,β-unsaturated/α-hetero) is 2. The van der Waals surface area contributed by atoms with Crippen molar-refractivity contribution in [2.75, 3.05) is 10.6 Å². The van der Waals surface area contributed by atoms with E-state index in [-0.39, 0.29) is 0 Å². The van der Waals surface area contributed by atoms with Crippen LogP contribution in [0.4, 0.5) is 11.4 Å². The molecule has 0 spiro atoms. The molecule has 7 rings (SSSR count). The van der Waals surface area contributed by atoms with Crippen LogP contribution in [0.15, 0.2) is 176 Å². The van der Waals surface area contributed by atoms with Gasteiger partial charge in [-0.3, -0.25) is 19.2 Å². The van der Waals surface area contributed by atoms with Crippen LogP contribution in [0.3, 0.4) is 0 Å². The number of carbonyl (C=O) groups excluding carboxylic acids is 4. The van der Waals surface area contributed by atoms with Gasteiger partial charge < -0.3 is 10.6 Å². The van der Waals surface area contributed by atoms with Gasteiger partial charge in [-0.15, -0.1) is 0 Å². The summed E-state index contributed by atoms with van der Waals surface area (Å²) < 4.78 is 0. The van der Waals surface area contributed by atoms with Gasteiger partial charge in [-0.1, -0.05) is 140 Å². The SMILES string of the molecule is O=C(Nc1ccccc1)C(C(=O)c1ccc2ccccc2c1)C(c1ccccc1)C(C(=O)Nc1ccccc1)C(=O)c1ccc2ccccc2c1. The molecular formula is C45H34N2O4. The van der Waals surface area contributed by atoms with E-state index in [1.54, 1.807) is 97.1 Å². The molecule has 0 heterocycles. The smallest absolute Gasteiger partial charge is 0.236 e. The zero-order chi connectivity index (χ0) is 35.2. The number of hydrogen-bond donors (Lipinski definition) is 2. The summed E-state index contributed by atoms with van der Waals surface area (Å²) in [5.41, 5.74) is 2.06. The standard InChI is InChI=1S/C45H34N2O4/c48-42(35-26-24-30-14-10-12-18-33(30)28-35)40(44(50)46-37-20-6-2-7-21-37)39(32-16-4-1-5-17-32)41(45(51)47-38-22-8-3-9-23-38)43(49)36-27-25-31-15-11-13-19-34(31)29-36/h1-29,39-41H,(H,46,50)(H,47,51). The van der Waals surface area contributed by atoms with Gasteiger partial charge in [-0.2, -0.15) is 0 Å². The van der Waals surface area contributed by atoms with E-state index in [1.807, 2.05) is 78.9 Å². The maximum absolute atomic E-state index is 15.0. The molecule has 0 saturated carbocycles. The molecule has 0 aromatic heterocycles. The van der Waals surface area contributed by atoms with Gasteiger partial charge in [0.05, 0.1) is 0 Å². The summed E-state index contributed by atoms with van der Waals surface area (Å²) in [5.74, 6) is -6.43. The lowest BCUT2D eigenvalue weighted by Gasteiger charge is -2.32. The predicted molar refractivity (Wildman–Crippen MR) is 203 cm³/mol. The van der Waals surface area contributed by atoms with Gasteiger partial charge in [-0.05, 0) is 63.5 Å². The van der Waals surface area contributed by atoms with E-state index in [0.717, 1.165) is 21.5 Å². The predicted octanol–water partition coefficient (Wildman–Crippen LogP) is 9.35. The van der Waals surface area contributed by atoms with E-state index < -0.39 is 41.1 Å². The minimum absolute atomic E-state index is 0.295. The van der Waals surface area contributed by atoms with Crippen molar-refractivity contribution in [3.63, 3.8) is 0 Å². The van der Waals surface area contributed by atoms with Crippen LogP contribution < -0.4 is 10.6 Å². The highest BCUT2D eigenvalue weighted by atomic mass is 16.2. The second kappa shape index (κ2) is 14.8. The van der Waals surface area contributed by atoms with Gasteiger partial charge in [0.1, 0.15) is 11.8 Å². The number of rotatable bonds is 11. The monoisotopic (exact) mass is 666 g/mol. The van der Waals surface area contributed by atoms with Crippen LogP contribution >= 0.6 is 0 Å². The van der Waals surface area contributed by atoms with Crippen molar-refractivity contribution in [2.24, 2.45) is 11.8 Å². The van der Waals surface area contributed by atoms with Crippen LogP contribution in [-0.4, -0.2) is 23.4 Å². The van der Waals surface area contributed by atoms with Crippen molar-refractivity contribution in [1.29, 1.82) is 0 Å². The third-order valence-electron chi connectivity index (χ3n) is 9.18. The number of para-hydroxylation sites is 2. The van der Waals surface area contributed by atoms with Gasteiger partial charge in [0, 0.05) is 28.4 Å². The van der Waals surface area contributed by atoms with E-state index in [2.05, 4.69) is 10.6 Å². The summed E-state index contributed by atoms with van der Waals surface area (Å²) >= 11 is 0. The average Bonchev–Trinajstić information content (AvgIpc) is 3.18. The number of ketones is 2. The first-order valence-electron chi connectivity index (χ1n) is 16.8. The minimum Gasteiger partial charge on any atom is -0.325 e. The number of amides is 2. The molecule has 2 amide bonds. The Bertz CT molecular complexity index is 2210. The summed E-state index contributed by atoms with van der Waals surface area (Å²) in [4.78, 5) is 59.2. The lowest BCUT2D eigenvalue weighted by Crippen LogP contribution is -2.44. The molecule has 7 aromatic rings. The first-order valence-corrected chi connectivity index (χ1v) is 16.8. The van der Waals surface area contributed by atoms with Crippen LogP contribution in [-0.2, 0) is 9.59 Å². The van der Waals surface area contributed by atoms with E-state index in [9.17, 15) is 19.2 Å². The Kier molecular flexibility index (Phi) is 9.57. The normalized spacial score (nSPS) is 12.8. The minimum atomic E-state index is -1.48. The molecule has 2 atom stereocenters. The molecular weight excluding hydrogens is 633 g/mol. The van der Waals surface area contributed by atoms with E-state index >= 15 is 0 Å². The van der Waals surface area contributed by atoms with E-state index in [4.69, 9.17) is 0 Å². The Hall–Kier alpha value is -6.66. The Morgan fingerprint density at radius 1 is 0.373 bits per heavy atom. The first kappa shape index (κ1) is 32.9. The van der Waals surface area contributed by atoms with E-state index in [1.165, 1.54) is 0 Å². The third-order valence-corrected chi connectivity index (χ3v) is 9.18. The summed E-state index contributed by atoms with van der Waals surface area (Å²) in [6.45, 7) is 0. The van der Waals surface area contributed by atoms with Gasteiger partial charge in [0.25, 0.3) is 0 Å². The Morgan fingerprint density at radius 2 is 0.725 bits per heavy atom. The number of nitrogens with one attached hydrogen (secondary N) is 2. The topological polar surface area (TPSA) is 92.3 Å². The molecule has 248 valence electrons. The summed E-state index contributed by atoms with van der Waals surface area (Å²) in [6, 6.07) is 52.5. The largest absolute Gasteiger partial charge is 0.325 e. The van der Waals surface area contributed by atoms with E-state index in [0.29, 0.717) is 28.1 Å². The molecule has 0 aliphatic carbocycles. The van der Waals surface area contributed by atoms with Crippen molar-refractivity contribution < 1.29 is 19.2 Å². The highest BCUT2D eigenvalue weighted by molar-refractivity contribution is 6.19. The average molecular weight is 667 g/mol. The maximum atomic E-state index is 15.0. The highest BCUT2D eigenvalue weighted by Gasteiger charge is 2.47. The zero-order valence-corrected chi connectivity index (χ0v) is 27.6. The molecule has 0 saturated heterocycles. The Labute approximate surface area is 295 Å². The zero-order valence-electron chi connectivity index (χ0n) is 27.6. The van der Waals surface area contributed by atoms with Crippen LogP contribution in [0.2, 0.25) is 0 Å². The number of benzene rings is 7. The molecule has 0 fully saturated rings. The van der Waals surface area contributed by atoms with Gasteiger partial charge in [-0.25, -0.2) is 0 Å². The number of carbonyl (C=O) groups is 4. The van der Waals surface area contributed by atoms with Crippen LogP contribution in [0.25, 0.3) is 21.5 Å². The molecule has 7 aromatic carbocycles. The highest BCUT2D eigenvalue weighted by Crippen LogP contribution is 2.39. The molecule has 51 heavy (non-hydrogen) atoms. The van der Waals surface area contributed by atoms with Gasteiger partial charge in [0.15, 0.2) is 11.6 Å². The molecule has 6 nitrogen and oxygen atoms in total. The second-order valence-corrected chi connectivity index (χ2v) is 12.5. The lowest BCUT2D eigenvalue weighted by molar-refractivity contribution is -0.121. The number of fused-ring (bicyclic) bond motifs is 2. The fourth-order valence-electron chi connectivity index (χ4n) is 6.67. The molecule has 2 unspecified atom stereocenters. The molecule has 0 radical (unpaired) electrons. The molecule has 2 N–H and O–H groups in total. The van der Waals surface area contributed by atoms with Crippen molar-refractivity contribution >= 4 is 56.3 Å². The van der Waals surface area contributed by atoms with Crippen molar-refractivity contribution in [3.05, 3.63) is 193 Å². The van der Waals surface area contributed by atoms with Crippen LogP contribution in [0.1, 0.15) is 32.2 Å². The molecule has 6 heteroatoms. The fraction of sp³-hybridized carbons (Fsp3) is 0.0667. The Balaban J connectivity index is 1.42. The third kappa shape index (κ3) is 7.21. The fourth-order valence-corrected chi connectivity index (χ4v) is 6.67. The molecule has 0 aliphatic heterocycles. The number of anilines is 2. The summed E-state index contributed by atoms with van der Waals surface area (Å²) in [6.07, 6.45) is 0. The summed E-state index contributed by atoms with van der Waals surface area (Å²) in [5, 5.41) is 9.37. The number of hydrogen-bond acceptors (Lipinski definition) is 4. The van der Waals surface area contributed by atoms with Crippen LogP contribution in [0, 0.1) is 11.8 Å². The van der Waals surface area contributed by atoms with Crippen molar-refractivity contribution in [1.82, 2.24) is 0 Å².